The predicted molar refractivity (Wildman–Crippen MR) is 96.9 cm³/mol. The van der Waals surface area contributed by atoms with Gasteiger partial charge in [-0.25, -0.2) is 0 Å². The summed E-state index contributed by atoms with van der Waals surface area (Å²) in [6.07, 6.45) is 27.0. The van der Waals surface area contributed by atoms with E-state index >= 15 is 0 Å². The summed E-state index contributed by atoms with van der Waals surface area (Å²) in [5.74, 6) is 0.292. The molecule has 0 saturated carbocycles. The van der Waals surface area contributed by atoms with E-state index in [1.807, 2.05) is 0 Å². The fourth-order valence-electron chi connectivity index (χ4n) is 3.14. The van der Waals surface area contributed by atoms with Crippen LogP contribution in [0.1, 0.15) is 78.1 Å². The van der Waals surface area contributed by atoms with Gasteiger partial charge in [0.15, 0.2) is 0 Å². The van der Waals surface area contributed by atoms with Crippen LogP contribution < -0.4 is 0 Å². The standard InChI is InChI=1S/C21H34O/c1-3-5-15-21(17-12-9-13-18-21)16-11-8-6-7-10-14-20(4-2)19-22/h5,12-13,15,17-20H,3-4,6-11,14,16H2,1-2H3/b15-5-. The number of carbonyl (C=O) groups is 1. The van der Waals surface area contributed by atoms with E-state index in [1.165, 1.54) is 38.5 Å². The third-order valence-corrected chi connectivity index (χ3v) is 4.69. The van der Waals surface area contributed by atoms with Gasteiger partial charge < -0.3 is 4.79 Å². The number of aldehydes is 1. The molecule has 0 aliphatic heterocycles. The van der Waals surface area contributed by atoms with Crippen LogP contribution in [0.15, 0.2) is 36.5 Å². The minimum absolute atomic E-state index is 0.180. The summed E-state index contributed by atoms with van der Waals surface area (Å²) in [7, 11) is 0. The number of rotatable bonds is 12. The Balaban J connectivity index is 2.20. The van der Waals surface area contributed by atoms with Crippen molar-refractivity contribution in [2.45, 2.75) is 78.1 Å². The van der Waals surface area contributed by atoms with E-state index in [4.69, 9.17) is 0 Å². The second kappa shape index (κ2) is 11.5. The minimum atomic E-state index is 0.180. The second-order valence-corrected chi connectivity index (χ2v) is 6.57. The molecular weight excluding hydrogens is 268 g/mol. The molecule has 0 bridgehead atoms. The Morgan fingerprint density at radius 2 is 1.73 bits per heavy atom. The highest BCUT2D eigenvalue weighted by Gasteiger charge is 2.20. The highest BCUT2D eigenvalue weighted by Crippen LogP contribution is 2.33. The average molecular weight is 303 g/mol. The van der Waals surface area contributed by atoms with Crippen LogP contribution in [0.25, 0.3) is 0 Å². The Bertz CT molecular complexity index is 363. The van der Waals surface area contributed by atoms with Gasteiger partial charge in [0.2, 0.25) is 0 Å². The lowest BCUT2D eigenvalue weighted by Gasteiger charge is -2.26. The van der Waals surface area contributed by atoms with Crippen molar-refractivity contribution < 1.29 is 4.79 Å². The molecule has 1 atom stereocenters. The first-order valence-electron chi connectivity index (χ1n) is 9.24. The molecule has 1 rings (SSSR count). The molecule has 0 aromatic carbocycles. The average Bonchev–Trinajstić information content (AvgIpc) is 2.56. The van der Waals surface area contributed by atoms with Crippen molar-refractivity contribution in [2.24, 2.45) is 11.3 Å². The van der Waals surface area contributed by atoms with Crippen LogP contribution in [0.4, 0.5) is 0 Å². The van der Waals surface area contributed by atoms with Crippen LogP contribution >= 0.6 is 0 Å². The van der Waals surface area contributed by atoms with Crippen molar-refractivity contribution >= 4 is 6.29 Å². The fraction of sp³-hybridized carbons (Fsp3) is 0.667. The summed E-state index contributed by atoms with van der Waals surface area (Å²) in [6.45, 7) is 4.30. The van der Waals surface area contributed by atoms with E-state index in [2.05, 4.69) is 50.3 Å². The molecule has 0 aromatic heterocycles. The Kier molecular flexibility index (Phi) is 9.86. The number of hydrogen-bond donors (Lipinski definition) is 0. The van der Waals surface area contributed by atoms with E-state index in [0.29, 0.717) is 5.92 Å². The van der Waals surface area contributed by atoms with Crippen LogP contribution in [-0.4, -0.2) is 6.29 Å². The molecule has 0 spiro atoms. The summed E-state index contributed by atoms with van der Waals surface area (Å²) in [5.41, 5.74) is 0.180. The van der Waals surface area contributed by atoms with Gasteiger partial charge in [-0.3, -0.25) is 0 Å². The molecule has 0 amide bonds. The molecule has 1 nitrogen and oxygen atoms in total. The maximum absolute atomic E-state index is 10.8. The van der Waals surface area contributed by atoms with Crippen LogP contribution in [0, 0.1) is 11.3 Å². The topological polar surface area (TPSA) is 17.1 Å². The van der Waals surface area contributed by atoms with Gasteiger partial charge in [-0.1, -0.05) is 82.4 Å². The summed E-state index contributed by atoms with van der Waals surface area (Å²) < 4.78 is 0. The van der Waals surface area contributed by atoms with Crippen molar-refractivity contribution in [3.63, 3.8) is 0 Å². The van der Waals surface area contributed by atoms with Gasteiger partial charge in [0, 0.05) is 11.3 Å². The van der Waals surface area contributed by atoms with Crippen molar-refractivity contribution in [1.82, 2.24) is 0 Å². The van der Waals surface area contributed by atoms with Gasteiger partial charge in [0.25, 0.3) is 0 Å². The van der Waals surface area contributed by atoms with E-state index in [-0.39, 0.29) is 5.41 Å². The largest absolute Gasteiger partial charge is 0.303 e. The first-order valence-corrected chi connectivity index (χ1v) is 9.24. The molecule has 1 heteroatoms. The molecule has 1 aliphatic carbocycles. The fourth-order valence-corrected chi connectivity index (χ4v) is 3.14. The highest BCUT2D eigenvalue weighted by molar-refractivity contribution is 5.53. The van der Waals surface area contributed by atoms with Gasteiger partial charge in [-0.15, -0.1) is 0 Å². The lowest BCUT2D eigenvalue weighted by Crippen LogP contribution is -2.13. The van der Waals surface area contributed by atoms with Crippen molar-refractivity contribution in [3.8, 4) is 0 Å². The zero-order valence-electron chi connectivity index (χ0n) is 14.6. The third kappa shape index (κ3) is 7.24. The van der Waals surface area contributed by atoms with Crippen molar-refractivity contribution in [3.05, 3.63) is 36.5 Å². The van der Waals surface area contributed by atoms with Crippen LogP contribution in [0.3, 0.4) is 0 Å². The Morgan fingerprint density at radius 3 is 2.36 bits per heavy atom. The molecule has 0 fully saturated rings. The first kappa shape index (κ1) is 18.9. The van der Waals surface area contributed by atoms with E-state index in [9.17, 15) is 4.79 Å². The zero-order valence-corrected chi connectivity index (χ0v) is 14.6. The quantitative estimate of drug-likeness (QED) is 0.231. The molecule has 0 N–H and O–H groups in total. The van der Waals surface area contributed by atoms with Crippen LogP contribution in [0.2, 0.25) is 0 Å². The lowest BCUT2D eigenvalue weighted by atomic mass is 9.79. The lowest BCUT2D eigenvalue weighted by molar-refractivity contribution is -0.111. The summed E-state index contributed by atoms with van der Waals surface area (Å²) >= 11 is 0. The van der Waals surface area contributed by atoms with E-state index in [1.54, 1.807) is 0 Å². The SMILES string of the molecule is CC/C=C\C1(CCCCCCCC(C=O)CC)C=CCC=C1. The monoisotopic (exact) mass is 302 g/mol. The summed E-state index contributed by atoms with van der Waals surface area (Å²) in [6, 6.07) is 0. The maximum atomic E-state index is 10.8. The number of carbonyl (C=O) groups excluding carboxylic acids is 1. The highest BCUT2D eigenvalue weighted by atomic mass is 16.1. The molecule has 22 heavy (non-hydrogen) atoms. The molecule has 0 heterocycles. The van der Waals surface area contributed by atoms with E-state index in [0.717, 1.165) is 32.0 Å². The van der Waals surface area contributed by atoms with Crippen molar-refractivity contribution in [1.29, 1.82) is 0 Å². The third-order valence-electron chi connectivity index (χ3n) is 4.69. The molecule has 124 valence electrons. The molecule has 0 radical (unpaired) electrons. The molecule has 1 aliphatic rings. The number of allylic oxidation sites excluding steroid dienone is 6. The maximum Gasteiger partial charge on any atom is 0.123 e. The minimum Gasteiger partial charge on any atom is -0.303 e. The Morgan fingerprint density at radius 1 is 1.05 bits per heavy atom. The normalized spacial score (nSPS) is 17.9. The van der Waals surface area contributed by atoms with Gasteiger partial charge >= 0.3 is 0 Å². The molecule has 0 aromatic rings. The smallest absolute Gasteiger partial charge is 0.123 e. The van der Waals surface area contributed by atoms with Gasteiger partial charge in [-0.2, -0.15) is 0 Å². The zero-order chi connectivity index (χ0) is 16.1. The number of unbranched alkanes of at least 4 members (excludes halogenated alkanes) is 4. The predicted octanol–water partition coefficient (Wildman–Crippen LogP) is 6.41. The van der Waals surface area contributed by atoms with Crippen molar-refractivity contribution in [2.75, 3.05) is 0 Å². The first-order chi connectivity index (χ1) is 10.8. The van der Waals surface area contributed by atoms with E-state index < -0.39 is 0 Å². The van der Waals surface area contributed by atoms with Gasteiger partial charge in [0.05, 0.1) is 0 Å². The second-order valence-electron chi connectivity index (χ2n) is 6.57. The van der Waals surface area contributed by atoms with Crippen LogP contribution in [0.5, 0.6) is 0 Å². The molecular formula is C21H34O. The number of hydrogen-bond acceptors (Lipinski definition) is 1. The Labute approximate surface area is 137 Å². The van der Waals surface area contributed by atoms with Gasteiger partial charge in [-0.05, 0) is 32.1 Å². The van der Waals surface area contributed by atoms with Crippen LogP contribution in [-0.2, 0) is 4.79 Å². The summed E-state index contributed by atoms with van der Waals surface area (Å²) in [5, 5.41) is 0. The Hall–Kier alpha value is -1.11. The van der Waals surface area contributed by atoms with Gasteiger partial charge in [0.1, 0.15) is 6.29 Å². The molecule has 0 saturated heterocycles. The summed E-state index contributed by atoms with van der Waals surface area (Å²) in [4.78, 5) is 10.8. The molecule has 1 unspecified atom stereocenters.